The molecule has 0 atom stereocenters. The van der Waals surface area contributed by atoms with Crippen LogP contribution < -0.4 is 10.1 Å². The molecule has 2 aromatic carbocycles. The smallest absolute Gasteiger partial charge is 0.255 e. The number of amides is 1. The number of benzene rings is 2. The van der Waals surface area contributed by atoms with Crippen LogP contribution >= 0.6 is 0 Å². The molecule has 2 aromatic rings. The standard InChI is InChI=1S/C20H25NO3/c1-5-23-13-17-12-16(7-8-19(17)24-6-2)20(22)21-18-10-14(3)9-15(4)11-18/h7-12H,5-6,13H2,1-4H3,(H,21,22). The lowest BCUT2D eigenvalue weighted by molar-refractivity contribution is 0.102. The zero-order valence-electron chi connectivity index (χ0n) is 14.8. The minimum atomic E-state index is -0.138. The van der Waals surface area contributed by atoms with Crippen LogP contribution in [0.3, 0.4) is 0 Å². The molecule has 0 spiro atoms. The molecule has 0 radical (unpaired) electrons. The van der Waals surface area contributed by atoms with Gasteiger partial charge in [0.2, 0.25) is 0 Å². The van der Waals surface area contributed by atoms with Crippen molar-refractivity contribution < 1.29 is 14.3 Å². The Hall–Kier alpha value is -2.33. The van der Waals surface area contributed by atoms with Gasteiger partial charge in [-0.25, -0.2) is 0 Å². The molecule has 0 aliphatic carbocycles. The lowest BCUT2D eigenvalue weighted by atomic mass is 10.1. The van der Waals surface area contributed by atoms with Crippen molar-refractivity contribution in [3.8, 4) is 5.75 Å². The second-order valence-electron chi connectivity index (χ2n) is 5.72. The van der Waals surface area contributed by atoms with Crippen LogP contribution in [-0.4, -0.2) is 19.1 Å². The lowest BCUT2D eigenvalue weighted by Crippen LogP contribution is -2.13. The van der Waals surface area contributed by atoms with Crippen LogP contribution in [0.2, 0.25) is 0 Å². The molecule has 1 N–H and O–H groups in total. The molecule has 24 heavy (non-hydrogen) atoms. The van der Waals surface area contributed by atoms with E-state index in [0.717, 1.165) is 28.1 Å². The molecule has 0 aliphatic rings. The van der Waals surface area contributed by atoms with Crippen molar-refractivity contribution in [2.45, 2.75) is 34.3 Å². The Labute approximate surface area is 143 Å². The van der Waals surface area contributed by atoms with Crippen LogP contribution in [0.1, 0.15) is 40.9 Å². The van der Waals surface area contributed by atoms with Crippen molar-refractivity contribution in [3.63, 3.8) is 0 Å². The molecule has 1 amide bonds. The van der Waals surface area contributed by atoms with E-state index >= 15 is 0 Å². The van der Waals surface area contributed by atoms with Crippen LogP contribution in [0.5, 0.6) is 5.75 Å². The number of carbonyl (C=O) groups excluding carboxylic acids is 1. The van der Waals surface area contributed by atoms with Crippen molar-refractivity contribution in [3.05, 3.63) is 58.7 Å². The summed E-state index contributed by atoms with van der Waals surface area (Å²) in [5.74, 6) is 0.620. The Morgan fingerprint density at radius 3 is 2.33 bits per heavy atom. The number of nitrogens with one attached hydrogen (secondary N) is 1. The summed E-state index contributed by atoms with van der Waals surface area (Å²) in [7, 11) is 0. The van der Waals surface area contributed by atoms with E-state index in [2.05, 4.69) is 11.4 Å². The second kappa shape index (κ2) is 8.50. The predicted molar refractivity (Wildman–Crippen MR) is 96.8 cm³/mol. The third-order valence-corrected chi connectivity index (χ3v) is 3.56. The third-order valence-electron chi connectivity index (χ3n) is 3.56. The number of carbonyl (C=O) groups is 1. The predicted octanol–water partition coefficient (Wildman–Crippen LogP) is 4.49. The Morgan fingerprint density at radius 2 is 1.71 bits per heavy atom. The Morgan fingerprint density at radius 1 is 1.00 bits per heavy atom. The normalized spacial score (nSPS) is 10.5. The highest BCUT2D eigenvalue weighted by molar-refractivity contribution is 6.04. The first-order valence-electron chi connectivity index (χ1n) is 8.26. The van der Waals surface area contributed by atoms with Crippen molar-refractivity contribution in [1.29, 1.82) is 0 Å². The third kappa shape index (κ3) is 4.83. The first-order valence-corrected chi connectivity index (χ1v) is 8.26. The van der Waals surface area contributed by atoms with Gasteiger partial charge in [-0.3, -0.25) is 4.79 Å². The maximum atomic E-state index is 12.5. The lowest BCUT2D eigenvalue weighted by Gasteiger charge is -2.13. The van der Waals surface area contributed by atoms with E-state index < -0.39 is 0 Å². The first kappa shape index (κ1) is 18.0. The van der Waals surface area contributed by atoms with Gasteiger partial charge in [0, 0.05) is 23.4 Å². The fraction of sp³-hybridized carbons (Fsp3) is 0.350. The van der Waals surface area contributed by atoms with Gasteiger partial charge in [-0.1, -0.05) is 6.07 Å². The van der Waals surface area contributed by atoms with Gasteiger partial charge in [0.1, 0.15) is 5.75 Å². The summed E-state index contributed by atoms with van der Waals surface area (Å²) in [5.41, 5.74) is 4.51. The maximum absolute atomic E-state index is 12.5. The van der Waals surface area contributed by atoms with Gasteiger partial charge in [-0.2, -0.15) is 0 Å². The number of hydrogen-bond donors (Lipinski definition) is 1. The van der Waals surface area contributed by atoms with Gasteiger partial charge < -0.3 is 14.8 Å². The number of anilines is 1. The van der Waals surface area contributed by atoms with E-state index in [1.165, 1.54) is 0 Å². The molecule has 0 unspecified atom stereocenters. The summed E-state index contributed by atoms with van der Waals surface area (Å²) < 4.78 is 11.1. The molecule has 4 heteroatoms. The van der Waals surface area contributed by atoms with Crippen LogP contribution in [0.25, 0.3) is 0 Å². The van der Waals surface area contributed by atoms with E-state index in [1.807, 2.05) is 52.0 Å². The molecule has 0 bridgehead atoms. The molecule has 0 heterocycles. The van der Waals surface area contributed by atoms with Crippen molar-refractivity contribution in [1.82, 2.24) is 0 Å². The molecule has 0 fully saturated rings. The van der Waals surface area contributed by atoms with Crippen molar-refractivity contribution in [2.75, 3.05) is 18.5 Å². The Kier molecular flexibility index (Phi) is 6.38. The molecule has 4 nitrogen and oxygen atoms in total. The number of hydrogen-bond acceptors (Lipinski definition) is 3. The summed E-state index contributed by atoms with van der Waals surface area (Å²) in [6.45, 7) is 9.52. The van der Waals surface area contributed by atoms with E-state index in [-0.39, 0.29) is 5.91 Å². The minimum Gasteiger partial charge on any atom is -0.494 e. The highest BCUT2D eigenvalue weighted by Crippen LogP contribution is 2.22. The SMILES string of the molecule is CCOCc1cc(C(=O)Nc2cc(C)cc(C)c2)ccc1OCC. The van der Waals surface area contributed by atoms with E-state index in [4.69, 9.17) is 9.47 Å². The van der Waals surface area contributed by atoms with Gasteiger partial charge in [0.25, 0.3) is 5.91 Å². The summed E-state index contributed by atoms with van der Waals surface area (Å²) in [5, 5.41) is 2.95. The molecule has 128 valence electrons. The highest BCUT2D eigenvalue weighted by Gasteiger charge is 2.11. The van der Waals surface area contributed by atoms with Crippen LogP contribution in [-0.2, 0) is 11.3 Å². The van der Waals surface area contributed by atoms with E-state index in [1.54, 1.807) is 6.07 Å². The molecular weight excluding hydrogens is 302 g/mol. The average molecular weight is 327 g/mol. The first-order chi connectivity index (χ1) is 11.5. The van der Waals surface area contributed by atoms with Crippen molar-refractivity contribution in [2.24, 2.45) is 0 Å². The molecule has 0 aromatic heterocycles. The zero-order chi connectivity index (χ0) is 17.5. The number of aryl methyl sites for hydroxylation is 2. The molecular formula is C20H25NO3. The van der Waals surface area contributed by atoms with Gasteiger partial charge in [0.05, 0.1) is 13.2 Å². The molecule has 0 saturated heterocycles. The zero-order valence-corrected chi connectivity index (χ0v) is 14.8. The molecule has 2 rings (SSSR count). The molecule has 0 saturated carbocycles. The Balaban J connectivity index is 2.21. The van der Waals surface area contributed by atoms with E-state index in [9.17, 15) is 4.79 Å². The second-order valence-corrected chi connectivity index (χ2v) is 5.72. The van der Waals surface area contributed by atoms with Crippen molar-refractivity contribution >= 4 is 11.6 Å². The number of ether oxygens (including phenoxy) is 2. The maximum Gasteiger partial charge on any atom is 0.255 e. The molecule has 0 aliphatic heterocycles. The van der Waals surface area contributed by atoms with Crippen LogP contribution in [0, 0.1) is 13.8 Å². The largest absolute Gasteiger partial charge is 0.494 e. The Bertz CT molecular complexity index is 690. The number of rotatable bonds is 7. The fourth-order valence-corrected chi connectivity index (χ4v) is 2.59. The quantitative estimate of drug-likeness (QED) is 0.815. The summed E-state index contributed by atoms with van der Waals surface area (Å²) in [4.78, 5) is 12.5. The highest BCUT2D eigenvalue weighted by atomic mass is 16.5. The van der Waals surface area contributed by atoms with Crippen LogP contribution in [0.4, 0.5) is 5.69 Å². The summed E-state index contributed by atoms with van der Waals surface area (Å²) in [6, 6.07) is 11.4. The average Bonchev–Trinajstić information content (AvgIpc) is 2.53. The van der Waals surface area contributed by atoms with Gasteiger partial charge in [-0.15, -0.1) is 0 Å². The minimum absolute atomic E-state index is 0.138. The van der Waals surface area contributed by atoms with Crippen LogP contribution in [0.15, 0.2) is 36.4 Å². The summed E-state index contributed by atoms with van der Waals surface area (Å²) in [6.07, 6.45) is 0. The monoisotopic (exact) mass is 327 g/mol. The van der Waals surface area contributed by atoms with E-state index in [0.29, 0.717) is 25.4 Å². The van der Waals surface area contributed by atoms with Gasteiger partial charge in [-0.05, 0) is 69.2 Å². The van der Waals surface area contributed by atoms with Gasteiger partial charge >= 0.3 is 0 Å². The van der Waals surface area contributed by atoms with Gasteiger partial charge in [0.15, 0.2) is 0 Å². The summed E-state index contributed by atoms with van der Waals surface area (Å²) >= 11 is 0. The fourth-order valence-electron chi connectivity index (χ4n) is 2.59. The topological polar surface area (TPSA) is 47.6 Å².